The van der Waals surface area contributed by atoms with Gasteiger partial charge in [-0.3, -0.25) is 0 Å². The molecule has 110 valence electrons. The molecule has 0 spiro atoms. The van der Waals surface area contributed by atoms with Crippen LogP contribution in [0.1, 0.15) is 16.7 Å². The number of benzene rings is 2. The van der Waals surface area contributed by atoms with Gasteiger partial charge in [-0.25, -0.2) is 4.21 Å². The highest BCUT2D eigenvalue weighted by molar-refractivity contribution is 7.83. The number of hydrogen-bond donors (Lipinski definition) is 0. The van der Waals surface area contributed by atoms with E-state index in [4.69, 9.17) is 0 Å². The fourth-order valence-corrected chi connectivity index (χ4v) is 2.29. The number of hydrogen-bond acceptors (Lipinski definition) is 1. The zero-order valence-corrected chi connectivity index (χ0v) is 11.9. The van der Waals surface area contributed by atoms with E-state index in [1.54, 1.807) is 12.1 Å². The molecule has 0 heterocycles. The molecule has 2 aromatic carbocycles. The van der Waals surface area contributed by atoms with Gasteiger partial charge < -0.3 is 0 Å². The predicted octanol–water partition coefficient (Wildman–Crippen LogP) is 4.16. The van der Waals surface area contributed by atoms with Crippen molar-refractivity contribution in [1.82, 2.24) is 0 Å². The lowest BCUT2D eigenvalue weighted by Crippen LogP contribution is -2.04. The second-order valence-corrected chi connectivity index (χ2v) is 5.60. The molecule has 0 bridgehead atoms. The van der Waals surface area contributed by atoms with Crippen LogP contribution in [0.2, 0.25) is 0 Å². The topological polar surface area (TPSA) is 29.4 Å². The Balaban J connectivity index is 2.10. The first-order valence-electron chi connectivity index (χ1n) is 6.06. The van der Waals surface area contributed by atoms with Crippen molar-refractivity contribution >= 4 is 17.2 Å². The largest absolute Gasteiger partial charge is 0.416 e. The third-order valence-corrected chi connectivity index (χ3v) is 3.73. The quantitative estimate of drug-likeness (QED) is 0.783. The standard InChI is InChI=1S/C15H12F3NOS/c1-11-2-8-14(9-3-11)21(20)19-10-12-4-6-13(7-5-12)15(16,17)18/h2-10H,1H3/b19-10+/t21-/m0/s1. The minimum atomic E-state index is -4.36. The van der Waals surface area contributed by atoms with E-state index in [-0.39, 0.29) is 0 Å². The van der Waals surface area contributed by atoms with E-state index >= 15 is 0 Å². The smallest absolute Gasteiger partial charge is 0.229 e. The lowest BCUT2D eigenvalue weighted by atomic mass is 10.1. The molecule has 1 atom stereocenters. The molecule has 2 nitrogen and oxygen atoms in total. The number of alkyl halides is 3. The monoisotopic (exact) mass is 311 g/mol. The highest BCUT2D eigenvalue weighted by Gasteiger charge is 2.29. The average molecular weight is 311 g/mol. The van der Waals surface area contributed by atoms with Crippen molar-refractivity contribution < 1.29 is 17.4 Å². The summed E-state index contributed by atoms with van der Waals surface area (Å²) < 4.78 is 53.0. The van der Waals surface area contributed by atoms with Gasteiger partial charge in [0.25, 0.3) is 0 Å². The Bertz CT molecular complexity index is 661. The van der Waals surface area contributed by atoms with Crippen molar-refractivity contribution in [2.24, 2.45) is 4.40 Å². The number of nitrogens with zero attached hydrogens (tertiary/aromatic N) is 1. The predicted molar refractivity (Wildman–Crippen MR) is 76.6 cm³/mol. The van der Waals surface area contributed by atoms with E-state index in [0.717, 1.165) is 17.7 Å². The Morgan fingerprint density at radius 2 is 1.57 bits per heavy atom. The van der Waals surface area contributed by atoms with Crippen LogP contribution in [0.4, 0.5) is 13.2 Å². The molecule has 2 aromatic rings. The number of aryl methyl sites for hydroxylation is 1. The third kappa shape index (κ3) is 4.26. The van der Waals surface area contributed by atoms with E-state index in [9.17, 15) is 17.4 Å². The van der Waals surface area contributed by atoms with Gasteiger partial charge in [-0.1, -0.05) is 29.8 Å². The molecule has 0 saturated carbocycles. The highest BCUT2D eigenvalue weighted by Crippen LogP contribution is 2.28. The first-order chi connectivity index (χ1) is 9.86. The maximum absolute atomic E-state index is 12.4. The molecule has 0 amide bonds. The maximum Gasteiger partial charge on any atom is 0.416 e. The Kier molecular flexibility index (Phi) is 4.57. The van der Waals surface area contributed by atoms with Crippen molar-refractivity contribution in [3.05, 3.63) is 65.2 Å². The molecule has 0 saturated heterocycles. The fourth-order valence-electron chi connectivity index (χ4n) is 1.58. The molecule has 0 aliphatic rings. The molecule has 0 N–H and O–H groups in total. The summed E-state index contributed by atoms with van der Waals surface area (Å²) in [6.45, 7) is 1.91. The van der Waals surface area contributed by atoms with E-state index in [2.05, 4.69) is 4.40 Å². The molecule has 2 rings (SSSR count). The second kappa shape index (κ2) is 6.22. The fraction of sp³-hybridized carbons (Fsp3) is 0.133. The average Bonchev–Trinajstić information content (AvgIpc) is 2.45. The zero-order valence-electron chi connectivity index (χ0n) is 11.1. The first-order valence-corrected chi connectivity index (χ1v) is 7.17. The summed E-state index contributed by atoms with van der Waals surface area (Å²) >= 11 is 0. The van der Waals surface area contributed by atoms with Crippen LogP contribution in [-0.4, -0.2) is 10.4 Å². The van der Waals surface area contributed by atoms with Crippen molar-refractivity contribution in [2.45, 2.75) is 18.0 Å². The SMILES string of the molecule is Cc1ccc([S@](=O)/N=C/c2ccc(C(F)(F)F)cc2)cc1. The number of rotatable bonds is 3. The highest BCUT2D eigenvalue weighted by atomic mass is 32.2. The van der Waals surface area contributed by atoms with Crippen LogP contribution in [0.5, 0.6) is 0 Å². The normalized spacial score (nSPS) is 13.5. The summed E-state index contributed by atoms with van der Waals surface area (Å²) in [5, 5.41) is 0. The van der Waals surface area contributed by atoms with Crippen LogP contribution in [0.15, 0.2) is 57.8 Å². The molecule has 0 unspecified atom stereocenters. The Morgan fingerprint density at radius 1 is 1.00 bits per heavy atom. The molecule has 0 aliphatic carbocycles. The van der Waals surface area contributed by atoms with Crippen LogP contribution >= 0.6 is 0 Å². The van der Waals surface area contributed by atoms with Gasteiger partial charge in [0, 0.05) is 6.21 Å². The van der Waals surface area contributed by atoms with Gasteiger partial charge in [0.2, 0.25) is 0 Å². The van der Waals surface area contributed by atoms with Gasteiger partial charge in [-0.2, -0.15) is 17.6 Å². The van der Waals surface area contributed by atoms with Crippen molar-refractivity contribution in [3.63, 3.8) is 0 Å². The molecule has 0 radical (unpaired) electrons. The lowest BCUT2D eigenvalue weighted by Gasteiger charge is -2.05. The van der Waals surface area contributed by atoms with E-state index in [1.807, 2.05) is 19.1 Å². The second-order valence-electron chi connectivity index (χ2n) is 4.42. The van der Waals surface area contributed by atoms with Crippen molar-refractivity contribution in [3.8, 4) is 0 Å². The summed E-state index contributed by atoms with van der Waals surface area (Å²) in [7, 11) is -1.57. The van der Waals surface area contributed by atoms with Gasteiger partial charge >= 0.3 is 6.18 Å². The Morgan fingerprint density at radius 3 is 2.10 bits per heavy atom. The van der Waals surface area contributed by atoms with Crippen molar-refractivity contribution in [2.75, 3.05) is 0 Å². The molecule has 0 aliphatic heterocycles. The summed E-state index contributed by atoms with van der Waals surface area (Å²) in [5.41, 5.74) is 0.783. The van der Waals surface area contributed by atoms with Crippen LogP contribution in [0.25, 0.3) is 0 Å². The molecular weight excluding hydrogens is 299 g/mol. The van der Waals surface area contributed by atoms with Gasteiger partial charge in [0.05, 0.1) is 10.5 Å². The molecule has 0 aromatic heterocycles. The molecule has 21 heavy (non-hydrogen) atoms. The third-order valence-electron chi connectivity index (χ3n) is 2.76. The molecule has 6 heteroatoms. The van der Waals surface area contributed by atoms with Crippen LogP contribution < -0.4 is 0 Å². The zero-order chi connectivity index (χ0) is 15.5. The van der Waals surface area contributed by atoms with Gasteiger partial charge in [-0.05, 0) is 36.8 Å². The minimum Gasteiger partial charge on any atom is -0.229 e. The Labute approximate surface area is 122 Å². The minimum absolute atomic E-state index is 0.462. The lowest BCUT2D eigenvalue weighted by molar-refractivity contribution is -0.137. The van der Waals surface area contributed by atoms with Crippen LogP contribution in [0, 0.1) is 6.92 Å². The number of halogens is 3. The Hall–Kier alpha value is -1.95. The van der Waals surface area contributed by atoms with Gasteiger partial charge in [0.1, 0.15) is 0 Å². The summed E-state index contributed by atoms with van der Waals surface area (Å²) in [4.78, 5) is 0.545. The molecular formula is C15H12F3NOS. The summed E-state index contributed by atoms with van der Waals surface area (Å²) in [5.74, 6) is 0. The van der Waals surface area contributed by atoms with E-state index in [1.165, 1.54) is 18.3 Å². The van der Waals surface area contributed by atoms with Crippen LogP contribution in [-0.2, 0) is 17.2 Å². The van der Waals surface area contributed by atoms with Crippen LogP contribution in [0.3, 0.4) is 0 Å². The van der Waals surface area contributed by atoms with E-state index < -0.39 is 22.7 Å². The van der Waals surface area contributed by atoms with Crippen molar-refractivity contribution in [1.29, 1.82) is 0 Å². The summed E-state index contributed by atoms with van der Waals surface area (Å²) in [6.07, 6.45) is -3.06. The van der Waals surface area contributed by atoms with E-state index in [0.29, 0.717) is 10.5 Å². The summed E-state index contributed by atoms with van der Waals surface area (Å²) in [6, 6.07) is 11.6. The first kappa shape index (κ1) is 15.4. The maximum atomic E-state index is 12.4. The molecule has 0 fully saturated rings. The van der Waals surface area contributed by atoms with Gasteiger partial charge in [-0.15, -0.1) is 0 Å². The van der Waals surface area contributed by atoms with Gasteiger partial charge in [0.15, 0.2) is 11.0 Å².